The third kappa shape index (κ3) is 4.64. The van der Waals surface area contributed by atoms with Crippen molar-refractivity contribution in [3.05, 3.63) is 77.1 Å². The van der Waals surface area contributed by atoms with E-state index in [9.17, 15) is 4.79 Å². The van der Waals surface area contributed by atoms with Crippen molar-refractivity contribution in [2.75, 3.05) is 12.4 Å². The topological polar surface area (TPSA) is 56.1 Å². The Labute approximate surface area is 157 Å². The van der Waals surface area contributed by atoms with Crippen LogP contribution in [0.2, 0.25) is 5.02 Å². The highest BCUT2D eigenvalue weighted by Gasteiger charge is 2.09. The van der Waals surface area contributed by atoms with Crippen molar-refractivity contribution in [2.24, 2.45) is 0 Å². The van der Waals surface area contributed by atoms with Crippen molar-refractivity contribution >= 4 is 23.2 Å². The Morgan fingerprint density at radius 2 is 2.08 bits per heavy atom. The van der Waals surface area contributed by atoms with E-state index in [2.05, 4.69) is 10.4 Å². The molecule has 1 amide bonds. The predicted molar refractivity (Wildman–Crippen MR) is 103 cm³/mol. The maximum Gasteiger partial charge on any atom is 0.224 e. The van der Waals surface area contributed by atoms with Crippen LogP contribution in [0.5, 0.6) is 5.75 Å². The van der Waals surface area contributed by atoms with Crippen LogP contribution in [0.4, 0.5) is 5.69 Å². The van der Waals surface area contributed by atoms with Gasteiger partial charge in [0.05, 0.1) is 18.7 Å². The van der Waals surface area contributed by atoms with Gasteiger partial charge in [0.2, 0.25) is 5.91 Å². The first-order valence-corrected chi connectivity index (χ1v) is 8.71. The van der Waals surface area contributed by atoms with Gasteiger partial charge < -0.3 is 10.1 Å². The standard InChI is InChI=1S/C20H20ClN3O2/c1-26-19-9-7-15(13-17(19)21)8-10-20(25)23-18-6-3-2-5-16(18)14-24-12-4-11-22-24/h2-7,9,11-13H,8,10,14H2,1H3,(H,23,25). The second-order valence-corrected chi connectivity index (χ2v) is 6.29. The van der Waals surface area contributed by atoms with Gasteiger partial charge in [-0.2, -0.15) is 5.10 Å². The molecule has 26 heavy (non-hydrogen) atoms. The highest BCUT2D eigenvalue weighted by molar-refractivity contribution is 6.32. The molecule has 0 saturated heterocycles. The first-order valence-electron chi connectivity index (χ1n) is 8.33. The largest absolute Gasteiger partial charge is 0.495 e. The van der Waals surface area contributed by atoms with Crippen LogP contribution in [0.25, 0.3) is 0 Å². The number of benzene rings is 2. The van der Waals surface area contributed by atoms with Crippen LogP contribution < -0.4 is 10.1 Å². The lowest BCUT2D eigenvalue weighted by molar-refractivity contribution is -0.116. The van der Waals surface area contributed by atoms with Crippen molar-refractivity contribution < 1.29 is 9.53 Å². The average molecular weight is 370 g/mol. The van der Waals surface area contributed by atoms with Crippen LogP contribution in [0.3, 0.4) is 0 Å². The number of aryl methyl sites for hydroxylation is 1. The molecular weight excluding hydrogens is 350 g/mol. The molecule has 1 heterocycles. The summed E-state index contributed by atoms with van der Waals surface area (Å²) < 4.78 is 6.97. The number of carbonyl (C=O) groups excluding carboxylic acids is 1. The number of para-hydroxylation sites is 1. The second-order valence-electron chi connectivity index (χ2n) is 5.88. The molecule has 0 spiro atoms. The smallest absolute Gasteiger partial charge is 0.224 e. The molecule has 3 rings (SSSR count). The van der Waals surface area contributed by atoms with Gasteiger partial charge >= 0.3 is 0 Å². The molecule has 6 heteroatoms. The number of carbonyl (C=O) groups is 1. The summed E-state index contributed by atoms with van der Waals surface area (Å²) in [4.78, 5) is 12.4. The van der Waals surface area contributed by atoms with E-state index in [1.165, 1.54) is 0 Å². The Bertz CT molecular complexity index is 879. The SMILES string of the molecule is COc1ccc(CCC(=O)Nc2ccccc2Cn2cccn2)cc1Cl. The number of amides is 1. The Balaban J connectivity index is 1.61. The van der Waals surface area contributed by atoms with Gasteiger partial charge in [-0.05, 0) is 41.8 Å². The number of ether oxygens (including phenoxy) is 1. The quantitative estimate of drug-likeness (QED) is 0.680. The average Bonchev–Trinajstić information content (AvgIpc) is 3.15. The predicted octanol–water partition coefficient (Wildman–Crippen LogP) is 4.16. The summed E-state index contributed by atoms with van der Waals surface area (Å²) >= 11 is 6.13. The molecule has 0 bridgehead atoms. The zero-order chi connectivity index (χ0) is 18.4. The highest BCUT2D eigenvalue weighted by Crippen LogP contribution is 2.25. The van der Waals surface area contributed by atoms with Crippen molar-refractivity contribution in [2.45, 2.75) is 19.4 Å². The third-order valence-electron chi connectivity index (χ3n) is 4.04. The number of methoxy groups -OCH3 is 1. The van der Waals surface area contributed by atoms with E-state index in [1.807, 2.05) is 59.4 Å². The summed E-state index contributed by atoms with van der Waals surface area (Å²) in [6.45, 7) is 0.609. The molecule has 134 valence electrons. The van der Waals surface area contributed by atoms with Crippen molar-refractivity contribution in [3.8, 4) is 5.75 Å². The van der Waals surface area contributed by atoms with Crippen LogP contribution in [0.1, 0.15) is 17.5 Å². The van der Waals surface area contributed by atoms with Crippen LogP contribution in [-0.4, -0.2) is 22.8 Å². The molecule has 5 nitrogen and oxygen atoms in total. The van der Waals surface area contributed by atoms with E-state index >= 15 is 0 Å². The number of halogens is 1. The van der Waals surface area contributed by atoms with Crippen molar-refractivity contribution in [1.29, 1.82) is 0 Å². The minimum absolute atomic E-state index is 0.0372. The van der Waals surface area contributed by atoms with E-state index in [-0.39, 0.29) is 5.91 Å². The van der Waals surface area contributed by atoms with Gasteiger partial charge in [-0.25, -0.2) is 0 Å². The number of hydrogen-bond donors (Lipinski definition) is 1. The summed E-state index contributed by atoms with van der Waals surface area (Å²) in [6, 6.07) is 15.2. The molecule has 0 unspecified atom stereocenters. The van der Waals surface area contributed by atoms with Gasteiger partial charge in [-0.3, -0.25) is 9.48 Å². The van der Waals surface area contributed by atoms with E-state index in [4.69, 9.17) is 16.3 Å². The summed E-state index contributed by atoms with van der Waals surface area (Å²) in [5, 5.41) is 7.75. The zero-order valence-electron chi connectivity index (χ0n) is 14.5. The lowest BCUT2D eigenvalue weighted by Crippen LogP contribution is -2.14. The maximum atomic E-state index is 12.4. The van der Waals surface area contributed by atoms with Gasteiger partial charge in [-0.1, -0.05) is 35.9 Å². The molecule has 0 fully saturated rings. The minimum atomic E-state index is -0.0372. The molecule has 2 aromatic carbocycles. The summed E-state index contributed by atoms with van der Waals surface area (Å²) in [5.74, 6) is 0.595. The molecule has 0 aliphatic rings. The number of anilines is 1. The number of nitrogens with one attached hydrogen (secondary N) is 1. The molecule has 3 aromatic rings. The molecule has 0 aliphatic heterocycles. The zero-order valence-corrected chi connectivity index (χ0v) is 15.2. The molecule has 0 radical (unpaired) electrons. The van der Waals surface area contributed by atoms with Gasteiger partial charge in [0.15, 0.2) is 0 Å². The fourth-order valence-electron chi connectivity index (χ4n) is 2.68. The van der Waals surface area contributed by atoms with E-state index in [1.54, 1.807) is 13.3 Å². The number of aromatic nitrogens is 2. The number of nitrogens with zero attached hydrogens (tertiary/aromatic N) is 2. The third-order valence-corrected chi connectivity index (χ3v) is 4.34. The summed E-state index contributed by atoms with van der Waals surface area (Å²) in [7, 11) is 1.58. The molecule has 1 N–H and O–H groups in total. The van der Waals surface area contributed by atoms with Crippen molar-refractivity contribution in [1.82, 2.24) is 9.78 Å². The van der Waals surface area contributed by atoms with E-state index in [0.717, 1.165) is 16.8 Å². The Hall–Kier alpha value is -2.79. The first-order chi connectivity index (χ1) is 12.7. The molecular formula is C20H20ClN3O2. The Morgan fingerprint density at radius 3 is 2.81 bits per heavy atom. The van der Waals surface area contributed by atoms with Gasteiger partial charge in [-0.15, -0.1) is 0 Å². The fraction of sp³-hybridized carbons (Fsp3) is 0.200. The fourth-order valence-corrected chi connectivity index (χ4v) is 2.96. The van der Waals surface area contributed by atoms with Crippen LogP contribution >= 0.6 is 11.6 Å². The summed E-state index contributed by atoms with van der Waals surface area (Å²) in [5.41, 5.74) is 2.81. The molecule has 1 aromatic heterocycles. The van der Waals surface area contributed by atoms with Crippen LogP contribution in [0, 0.1) is 0 Å². The molecule has 0 atom stereocenters. The molecule has 0 saturated carbocycles. The summed E-state index contributed by atoms with van der Waals surface area (Å²) in [6.07, 6.45) is 4.61. The normalized spacial score (nSPS) is 10.5. The lowest BCUT2D eigenvalue weighted by Gasteiger charge is -2.11. The van der Waals surface area contributed by atoms with Crippen LogP contribution in [-0.2, 0) is 17.8 Å². The van der Waals surface area contributed by atoms with Gasteiger partial charge in [0, 0.05) is 24.5 Å². The van der Waals surface area contributed by atoms with Gasteiger partial charge in [0.25, 0.3) is 0 Å². The second kappa shape index (κ2) is 8.54. The minimum Gasteiger partial charge on any atom is -0.495 e. The maximum absolute atomic E-state index is 12.4. The number of rotatable bonds is 7. The number of hydrogen-bond acceptors (Lipinski definition) is 3. The molecule has 0 aliphatic carbocycles. The van der Waals surface area contributed by atoms with E-state index in [0.29, 0.717) is 30.2 Å². The Kier molecular flexibility index (Phi) is 5.92. The van der Waals surface area contributed by atoms with E-state index < -0.39 is 0 Å². The van der Waals surface area contributed by atoms with Crippen LogP contribution in [0.15, 0.2) is 60.9 Å². The lowest BCUT2D eigenvalue weighted by atomic mass is 10.1. The van der Waals surface area contributed by atoms with Gasteiger partial charge in [0.1, 0.15) is 5.75 Å². The first kappa shape index (κ1) is 18.0. The Morgan fingerprint density at radius 1 is 1.23 bits per heavy atom. The highest BCUT2D eigenvalue weighted by atomic mass is 35.5. The monoisotopic (exact) mass is 369 g/mol. The van der Waals surface area contributed by atoms with Crippen molar-refractivity contribution in [3.63, 3.8) is 0 Å².